The van der Waals surface area contributed by atoms with Crippen LogP contribution in [0.1, 0.15) is 49.3 Å². The molecule has 1 aromatic carbocycles. The molecular weight excluding hydrogens is 424 g/mol. The number of carbonyl (C=O) groups excluding carboxylic acids is 1. The Morgan fingerprint density at radius 1 is 1.31 bits per heavy atom. The number of hydrogen-bond acceptors (Lipinski definition) is 7. The molecule has 1 aliphatic carbocycles. The van der Waals surface area contributed by atoms with E-state index in [0.29, 0.717) is 29.7 Å². The van der Waals surface area contributed by atoms with Crippen molar-refractivity contribution in [1.82, 2.24) is 0 Å². The SMILES string of the molecule is CCc1ccc([C@H]2C(C#N)=C(N)N(c3cccc([N+](=O)[O-])c3)C3=C2C(=O)CC(C)(C)C3)s1. The van der Waals surface area contributed by atoms with Crippen LogP contribution in [-0.2, 0) is 11.2 Å². The number of benzene rings is 1. The van der Waals surface area contributed by atoms with Crippen molar-refractivity contribution in [2.24, 2.45) is 11.1 Å². The summed E-state index contributed by atoms with van der Waals surface area (Å²) in [6.07, 6.45) is 1.81. The molecule has 0 spiro atoms. The average molecular weight is 449 g/mol. The van der Waals surface area contributed by atoms with Gasteiger partial charge < -0.3 is 5.73 Å². The first-order valence-electron chi connectivity index (χ1n) is 10.5. The third-order valence-electron chi connectivity index (χ3n) is 6.00. The lowest BCUT2D eigenvalue weighted by Crippen LogP contribution is -2.42. The molecular formula is C24H24N4O3S. The Balaban J connectivity index is 1.98. The summed E-state index contributed by atoms with van der Waals surface area (Å²) in [7, 11) is 0. The lowest BCUT2D eigenvalue weighted by Gasteiger charge is -2.43. The van der Waals surface area contributed by atoms with Gasteiger partial charge in [0.2, 0.25) is 0 Å². The zero-order valence-electron chi connectivity index (χ0n) is 18.2. The van der Waals surface area contributed by atoms with Gasteiger partial charge in [0.25, 0.3) is 5.69 Å². The van der Waals surface area contributed by atoms with E-state index in [4.69, 9.17) is 5.73 Å². The summed E-state index contributed by atoms with van der Waals surface area (Å²) >= 11 is 1.59. The van der Waals surface area contributed by atoms with Gasteiger partial charge in [0, 0.05) is 39.6 Å². The number of nitrogens with zero attached hydrogens (tertiary/aromatic N) is 3. The molecule has 2 aromatic rings. The van der Waals surface area contributed by atoms with E-state index in [9.17, 15) is 20.2 Å². The zero-order valence-corrected chi connectivity index (χ0v) is 19.0. The van der Waals surface area contributed by atoms with E-state index < -0.39 is 10.8 Å². The smallest absolute Gasteiger partial charge is 0.271 e. The van der Waals surface area contributed by atoms with Crippen LogP contribution in [0.15, 0.2) is 59.1 Å². The number of nitro groups is 1. The highest BCUT2D eigenvalue weighted by molar-refractivity contribution is 7.12. The van der Waals surface area contributed by atoms with Gasteiger partial charge in [-0.3, -0.25) is 19.8 Å². The Morgan fingerprint density at radius 2 is 2.06 bits per heavy atom. The quantitative estimate of drug-likeness (QED) is 0.510. The molecule has 2 N–H and O–H groups in total. The number of thiophene rings is 1. The van der Waals surface area contributed by atoms with Crippen molar-refractivity contribution in [2.45, 2.75) is 46.0 Å². The number of allylic oxidation sites excluding steroid dienone is 3. The molecule has 0 fully saturated rings. The molecule has 1 aromatic heterocycles. The fourth-order valence-electron chi connectivity index (χ4n) is 4.57. The number of carbonyl (C=O) groups is 1. The summed E-state index contributed by atoms with van der Waals surface area (Å²) in [6, 6.07) is 12.4. The zero-order chi connectivity index (χ0) is 23.2. The Kier molecular flexibility index (Phi) is 5.39. The molecule has 4 rings (SSSR count). The Labute approximate surface area is 190 Å². The van der Waals surface area contributed by atoms with Gasteiger partial charge in [-0.15, -0.1) is 11.3 Å². The van der Waals surface area contributed by atoms with Crippen LogP contribution in [0.5, 0.6) is 0 Å². The molecule has 1 aliphatic heterocycles. The lowest BCUT2D eigenvalue weighted by molar-refractivity contribution is -0.384. The molecule has 8 heteroatoms. The average Bonchev–Trinajstić information content (AvgIpc) is 3.21. The predicted octanol–water partition coefficient (Wildman–Crippen LogP) is 5.16. The molecule has 0 saturated heterocycles. The van der Waals surface area contributed by atoms with Crippen LogP contribution in [0.2, 0.25) is 0 Å². The van der Waals surface area contributed by atoms with Crippen LogP contribution < -0.4 is 10.6 Å². The third kappa shape index (κ3) is 3.59. The second-order valence-corrected chi connectivity index (χ2v) is 10.1. The van der Waals surface area contributed by atoms with Crippen molar-refractivity contribution in [3.05, 3.63) is 78.9 Å². The van der Waals surface area contributed by atoms with Gasteiger partial charge in [0.15, 0.2) is 5.78 Å². The van der Waals surface area contributed by atoms with Crippen LogP contribution in [0, 0.1) is 26.9 Å². The fraction of sp³-hybridized carbons (Fsp3) is 0.333. The predicted molar refractivity (Wildman–Crippen MR) is 124 cm³/mol. The fourth-order valence-corrected chi connectivity index (χ4v) is 5.65. The van der Waals surface area contributed by atoms with E-state index in [1.54, 1.807) is 28.4 Å². The molecule has 2 aliphatic rings. The minimum atomic E-state index is -0.515. The summed E-state index contributed by atoms with van der Waals surface area (Å²) in [5.74, 6) is -0.309. The summed E-state index contributed by atoms with van der Waals surface area (Å²) in [6.45, 7) is 6.11. The summed E-state index contributed by atoms with van der Waals surface area (Å²) in [4.78, 5) is 28.1. The van der Waals surface area contributed by atoms with Crippen LogP contribution in [0.25, 0.3) is 0 Å². The van der Waals surface area contributed by atoms with E-state index in [2.05, 4.69) is 13.0 Å². The largest absolute Gasteiger partial charge is 0.384 e. The van der Waals surface area contributed by atoms with Gasteiger partial charge in [0.05, 0.1) is 28.2 Å². The van der Waals surface area contributed by atoms with Crippen molar-refractivity contribution in [3.8, 4) is 6.07 Å². The van der Waals surface area contributed by atoms with E-state index in [0.717, 1.165) is 17.0 Å². The summed E-state index contributed by atoms with van der Waals surface area (Å²) in [5.41, 5.74) is 8.27. The monoisotopic (exact) mass is 448 g/mol. The maximum atomic E-state index is 13.5. The van der Waals surface area contributed by atoms with Crippen molar-refractivity contribution < 1.29 is 9.72 Å². The molecule has 0 bridgehead atoms. The van der Waals surface area contributed by atoms with Crippen molar-refractivity contribution in [2.75, 3.05) is 4.90 Å². The van der Waals surface area contributed by atoms with Crippen LogP contribution in [0.3, 0.4) is 0 Å². The number of ketones is 1. The van der Waals surface area contributed by atoms with Gasteiger partial charge in [-0.25, -0.2) is 0 Å². The van der Waals surface area contributed by atoms with Crippen molar-refractivity contribution >= 4 is 28.5 Å². The molecule has 0 unspecified atom stereocenters. The highest BCUT2D eigenvalue weighted by Crippen LogP contribution is 2.51. The summed E-state index contributed by atoms with van der Waals surface area (Å²) < 4.78 is 0. The molecule has 32 heavy (non-hydrogen) atoms. The number of Topliss-reactive ketones (excluding diaryl/α,β-unsaturated/α-hetero) is 1. The van der Waals surface area contributed by atoms with Gasteiger partial charge in [-0.05, 0) is 36.5 Å². The maximum Gasteiger partial charge on any atom is 0.271 e. The Morgan fingerprint density at radius 3 is 2.69 bits per heavy atom. The number of rotatable bonds is 4. The minimum Gasteiger partial charge on any atom is -0.384 e. The molecule has 0 radical (unpaired) electrons. The van der Waals surface area contributed by atoms with E-state index in [1.165, 1.54) is 17.0 Å². The molecule has 0 amide bonds. The number of aryl methyl sites for hydroxylation is 1. The second kappa shape index (κ2) is 7.92. The van der Waals surface area contributed by atoms with Gasteiger partial charge in [0.1, 0.15) is 5.82 Å². The Hall–Kier alpha value is -3.44. The summed E-state index contributed by atoms with van der Waals surface area (Å²) in [5, 5.41) is 21.5. The van der Waals surface area contributed by atoms with Gasteiger partial charge in [-0.2, -0.15) is 5.26 Å². The number of hydrogen-bond donors (Lipinski definition) is 1. The molecule has 2 heterocycles. The maximum absolute atomic E-state index is 13.5. The topological polar surface area (TPSA) is 113 Å². The van der Waals surface area contributed by atoms with Gasteiger partial charge in [-0.1, -0.05) is 26.8 Å². The van der Waals surface area contributed by atoms with Crippen molar-refractivity contribution in [3.63, 3.8) is 0 Å². The molecule has 164 valence electrons. The minimum absolute atomic E-state index is 0.0108. The first kappa shape index (κ1) is 21.8. The van der Waals surface area contributed by atoms with E-state index in [-0.39, 0.29) is 22.7 Å². The van der Waals surface area contributed by atoms with Crippen LogP contribution in [-0.4, -0.2) is 10.7 Å². The first-order chi connectivity index (χ1) is 15.2. The standard InChI is InChI=1S/C24H24N4O3S/c1-4-16-8-9-20(32-16)21-17(13-25)23(26)27(14-6-5-7-15(10-14)28(30)31)18-11-24(2,3)12-19(29)22(18)21/h5-10,21H,4,11-12,26H2,1-3H3/t21-/m1/s1. The molecule has 7 nitrogen and oxygen atoms in total. The molecule has 0 saturated carbocycles. The highest BCUT2D eigenvalue weighted by atomic mass is 32.1. The normalized spacial score (nSPS) is 20.2. The van der Waals surface area contributed by atoms with E-state index >= 15 is 0 Å². The number of anilines is 1. The highest BCUT2D eigenvalue weighted by Gasteiger charge is 2.45. The van der Waals surface area contributed by atoms with E-state index in [1.807, 2.05) is 26.0 Å². The number of nitriles is 1. The van der Waals surface area contributed by atoms with Crippen molar-refractivity contribution in [1.29, 1.82) is 5.26 Å². The number of nitro benzene ring substituents is 1. The lowest BCUT2D eigenvalue weighted by atomic mass is 9.69. The Bertz CT molecular complexity index is 1230. The number of non-ortho nitro benzene ring substituents is 1. The molecule has 1 atom stereocenters. The van der Waals surface area contributed by atoms with Gasteiger partial charge >= 0.3 is 0 Å². The van der Waals surface area contributed by atoms with Crippen LogP contribution in [0.4, 0.5) is 11.4 Å². The first-order valence-corrected chi connectivity index (χ1v) is 11.3. The van der Waals surface area contributed by atoms with Crippen LogP contribution >= 0.6 is 11.3 Å². The second-order valence-electron chi connectivity index (χ2n) is 8.92. The number of nitrogens with two attached hydrogens (primary N) is 1. The third-order valence-corrected chi connectivity index (χ3v) is 7.29.